The average Bonchev–Trinajstić information content (AvgIpc) is 2.97. The monoisotopic (exact) mass is 628 g/mol. The first-order valence-corrected chi connectivity index (χ1v) is 14.1. The van der Waals surface area contributed by atoms with Crippen molar-refractivity contribution in [2.45, 2.75) is 76.3 Å². The van der Waals surface area contributed by atoms with Crippen molar-refractivity contribution < 1.29 is 68.1 Å². The van der Waals surface area contributed by atoms with Crippen LogP contribution >= 0.6 is 0 Å². The van der Waals surface area contributed by atoms with Gasteiger partial charge in [0, 0.05) is 49.8 Å². The number of rotatable bonds is 7. The number of esters is 2. The number of aliphatic hydroxyl groups is 2. The van der Waals surface area contributed by atoms with Crippen LogP contribution in [0.25, 0.3) is 0 Å². The number of methoxy groups -OCH3 is 1. The summed E-state index contributed by atoms with van der Waals surface area (Å²) < 4.78 is 28.0. The number of carbonyl (C=O) groups excluding carboxylic acids is 5. The summed E-state index contributed by atoms with van der Waals surface area (Å²) in [5.41, 5.74) is -4.04. The molecule has 0 unspecified atom stereocenters. The topological polar surface area (TPSA) is 212 Å². The van der Waals surface area contributed by atoms with Crippen molar-refractivity contribution in [3.8, 4) is 17.2 Å². The number of Topliss-reactive ketones (excluding diaryl/α,β-unsaturated/α-hetero) is 1. The van der Waals surface area contributed by atoms with Crippen molar-refractivity contribution in [3.05, 3.63) is 51.6 Å². The number of carbonyl (C=O) groups is 5. The van der Waals surface area contributed by atoms with Crippen molar-refractivity contribution in [3.63, 3.8) is 0 Å². The van der Waals surface area contributed by atoms with Gasteiger partial charge in [-0.15, -0.1) is 0 Å². The number of ketones is 3. The van der Waals surface area contributed by atoms with E-state index >= 15 is 0 Å². The molecule has 240 valence electrons. The average molecular weight is 629 g/mol. The zero-order valence-corrected chi connectivity index (χ0v) is 24.8. The molecule has 0 saturated carbocycles. The van der Waals surface area contributed by atoms with Gasteiger partial charge >= 0.3 is 11.9 Å². The Morgan fingerprint density at radius 1 is 1.00 bits per heavy atom. The first-order chi connectivity index (χ1) is 21.2. The van der Waals surface area contributed by atoms with Crippen LogP contribution in [0.15, 0.2) is 18.2 Å². The fourth-order valence-electron chi connectivity index (χ4n) is 6.36. The van der Waals surface area contributed by atoms with E-state index in [-0.39, 0.29) is 34.4 Å². The Balaban J connectivity index is 1.62. The fraction of sp³-hybridized carbons (Fsp3) is 0.452. The second kappa shape index (κ2) is 11.9. The molecule has 1 aliphatic heterocycles. The van der Waals surface area contributed by atoms with Gasteiger partial charge in [-0.25, -0.2) is 0 Å². The Hall–Kier alpha value is -4.37. The maximum atomic E-state index is 13.8. The predicted octanol–water partition coefficient (Wildman–Crippen LogP) is 1.18. The molecule has 3 aliphatic rings. The van der Waals surface area contributed by atoms with Gasteiger partial charge in [-0.05, 0) is 13.0 Å². The highest BCUT2D eigenvalue weighted by atomic mass is 16.7. The van der Waals surface area contributed by atoms with Crippen LogP contribution in [0.5, 0.6) is 17.2 Å². The number of hydrogen-bond acceptors (Lipinski definition) is 14. The van der Waals surface area contributed by atoms with Crippen LogP contribution in [0.3, 0.4) is 0 Å². The van der Waals surface area contributed by atoms with Crippen LogP contribution in [0, 0.1) is 0 Å². The summed E-state index contributed by atoms with van der Waals surface area (Å²) >= 11 is 0. The minimum atomic E-state index is -2.33. The molecule has 14 nitrogen and oxygen atoms in total. The lowest BCUT2D eigenvalue weighted by Gasteiger charge is -2.43. The molecule has 0 amide bonds. The van der Waals surface area contributed by atoms with Crippen molar-refractivity contribution in [2.75, 3.05) is 13.7 Å². The van der Waals surface area contributed by atoms with E-state index in [0.717, 1.165) is 6.92 Å². The van der Waals surface area contributed by atoms with Crippen molar-refractivity contribution in [1.29, 1.82) is 0 Å². The molecule has 0 radical (unpaired) electrons. The van der Waals surface area contributed by atoms with Gasteiger partial charge in [-0.1, -0.05) is 12.1 Å². The molecule has 2 aromatic rings. The summed E-state index contributed by atoms with van der Waals surface area (Å²) in [5, 5.41) is 44.1. The number of phenols is 2. The van der Waals surface area contributed by atoms with Crippen LogP contribution < -0.4 is 4.74 Å². The second-order valence-electron chi connectivity index (χ2n) is 11.2. The van der Waals surface area contributed by atoms with Crippen molar-refractivity contribution in [1.82, 2.24) is 0 Å². The van der Waals surface area contributed by atoms with Crippen molar-refractivity contribution in [2.24, 2.45) is 0 Å². The second-order valence-corrected chi connectivity index (χ2v) is 11.2. The number of benzene rings is 2. The maximum absolute atomic E-state index is 13.8. The predicted molar refractivity (Wildman–Crippen MR) is 149 cm³/mol. The number of aliphatic hydroxyl groups excluding tert-OH is 1. The van der Waals surface area contributed by atoms with Gasteiger partial charge in [0.25, 0.3) is 0 Å². The molecular weight excluding hydrogens is 596 g/mol. The Morgan fingerprint density at radius 2 is 1.67 bits per heavy atom. The van der Waals surface area contributed by atoms with Gasteiger partial charge in [0.1, 0.15) is 35.6 Å². The third kappa shape index (κ3) is 5.43. The summed E-state index contributed by atoms with van der Waals surface area (Å²) in [5.74, 6) is -5.40. The first-order valence-electron chi connectivity index (χ1n) is 14.1. The summed E-state index contributed by atoms with van der Waals surface area (Å²) in [6.45, 7) is 2.80. The normalized spacial score (nSPS) is 27.1. The highest BCUT2D eigenvalue weighted by Crippen LogP contribution is 2.52. The number of ether oxygens (including phenoxy) is 5. The Bertz CT molecular complexity index is 1610. The highest BCUT2D eigenvalue weighted by molar-refractivity contribution is 6.31. The number of phenolic OH excluding ortho intramolecular Hbond substituents is 2. The van der Waals surface area contributed by atoms with Crippen LogP contribution in [-0.4, -0.2) is 93.6 Å². The third-order valence-corrected chi connectivity index (χ3v) is 8.29. The van der Waals surface area contributed by atoms with E-state index in [0.29, 0.717) is 0 Å². The Kier molecular flexibility index (Phi) is 8.44. The molecule has 6 atom stereocenters. The standard InChI is InChI=1S/C31H32O14/c1-12-30(44-14(3)34)18(43-13(2)33)8-21(42-12)45-19-10-31(40,20(35)11-32)9-16-23(19)29(39)25-24(27(16)37)26(36)15-6-5-7-17(41-4)22(15)28(25)38/h5-7,12,18-19,21,30,32,37,39-40H,8-11H2,1-4H3/t12-,18+,19+,21-,30-,31-/m0/s1. The summed E-state index contributed by atoms with van der Waals surface area (Å²) in [6.07, 6.45) is -7.02. The largest absolute Gasteiger partial charge is 0.507 e. The summed E-state index contributed by atoms with van der Waals surface area (Å²) in [6, 6.07) is 4.30. The number of fused-ring (bicyclic) bond motifs is 3. The molecule has 0 bridgehead atoms. The van der Waals surface area contributed by atoms with Gasteiger partial charge in [0.2, 0.25) is 5.78 Å². The van der Waals surface area contributed by atoms with E-state index in [1.807, 2.05) is 0 Å². The minimum absolute atomic E-state index is 0.0623. The molecule has 1 saturated heterocycles. The van der Waals surface area contributed by atoms with Crippen molar-refractivity contribution >= 4 is 29.3 Å². The lowest BCUT2D eigenvalue weighted by molar-refractivity contribution is -0.272. The van der Waals surface area contributed by atoms with Crippen LogP contribution in [0.2, 0.25) is 0 Å². The minimum Gasteiger partial charge on any atom is -0.507 e. The molecule has 14 heteroatoms. The van der Waals surface area contributed by atoms with E-state index < -0.39 is 108 Å². The zero-order valence-electron chi connectivity index (χ0n) is 24.8. The van der Waals surface area contributed by atoms with Gasteiger partial charge < -0.3 is 44.1 Å². The zero-order chi connectivity index (χ0) is 33.0. The molecule has 2 aromatic carbocycles. The van der Waals surface area contributed by atoms with E-state index in [9.17, 15) is 44.4 Å². The number of aromatic hydroxyl groups is 2. The molecule has 0 spiro atoms. The SMILES string of the molecule is COc1cccc2c1C(=O)c1c(O)c3c(c(O)c1C2=O)C[C@@](O)(C(=O)CO)C[C@H]3O[C@H]1C[C@@H](OC(C)=O)[C@@H](OC(C)=O)[C@H](C)O1. The molecule has 2 aliphatic carbocycles. The van der Waals surface area contributed by atoms with Crippen LogP contribution in [-0.2, 0) is 39.8 Å². The third-order valence-electron chi connectivity index (χ3n) is 8.29. The van der Waals surface area contributed by atoms with Crippen LogP contribution in [0.1, 0.15) is 82.7 Å². The smallest absolute Gasteiger partial charge is 0.303 e. The molecule has 4 N–H and O–H groups in total. The fourth-order valence-corrected chi connectivity index (χ4v) is 6.36. The van der Waals surface area contributed by atoms with E-state index in [2.05, 4.69) is 0 Å². The van der Waals surface area contributed by atoms with E-state index in [1.54, 1.807) is 0 Å². The molecule has 1 heterocycles. The lowest BCUT2D eigenvalue weighted by Crippen LogP contribution is -2.52. The summed E-state index contributed by atoms with van der Waals surface area (Å²) in [4.78, 5) is 63.7. The molecule has 5 rings (SSSR count). The highest BCUT2D eigenvalue weighted by Gasteiger charge is 2.51. The Labute approximate surface area is 256 Å². The first kappa shape index (κ1) is 32.0. The molecule has 1 fully saturated rings. The molecular formula is C31H32O14. The summed E-state index contributed by atoms with van der Waals surface area (Å²) in [7, 11) is 1.30. The maximum Gasteiger partial charge on any atom is 0.303 e. The lowest BCUT2D eigenvalue weighted by atomic mass is 9.72. The van der Waals surface area contributed by atoms with E-state index in [1.165, 1.54) is 39.2 Å². The quantitative estimate of drug-likeness (QED) is 0.214. The molecule has 0 aromatic heterocycles. The van der Waals surface area contributed by atoms with Crippen LogP contribution in [0.4, 0.5) is 0 Å². The van der Waals surface area contributed by atoms with Gasteiger partial charge in [-0.2, -0.15) is 0 Å². The van der Waals surface area contributed by atoms with Gasteiger partial charge in [-0.3, -0.25) is 24.0 Å². The van der Waals surface area contributed by atoms with Gasteiger partial charge in [0.15, 0.2) is 24.0 Å². The van der Waals surface area contributed by atoms with Gasteiger partial charge in [0.05, 0.1) is 36.0 Å². The van der Waals surface area contributed by atoms with E-state index in [4.69, 9.17) is 23.7 Å². The number of hydrogen-bond donors (Lipinski definition) is 4. The molecule has 45 heavy (non-hydrogen) atoms. The Morgan fingerprint density at radius 3 is 2.29 bits per heavy atom.